The summed E-state index contributed by atoms with van der Waals surface area (Å²) in [5.41, 5.74) is -0.649. The van der Waals surface area contributed by atoms with Crippen LogP contribution in [-0.2, 0) is 9.59 Å². The highest BCUT2D eigenvalue weighted by Gasteiger charge is 2.12. The van der Waals surface area contributed by atoms with Crippen LogP contribution in [-0.4, -0.2) is 32.4 Å². The number of carboxylic acid groups (broad SMARTS) is 2. The number of carbonyl (C=O) groups is 2. The number of nitrogens with zero attached hydrogens (tertiary/aromatic N) is 1. The summed E-state index contributed by atoms with van der Waals surface area (Å²) in [7, 11) is 0. The Kier molecular flexibility index (Phi) is 4.94. The molecule has 0 aliphatic rings. The van der Waals surface area contributed by atoms with Gasteiger partial charge in [0, 0.05) is 5.57 Å². The Morgan fingerprint density at radius 1 is 1.27 bits per heavy atom. The maximum atomic E-state index is 10.4. The van der Waals surface area contributed by atoms with E-state index >= 15 is 0 Å². The number of isothiocyanates is 1. The quantitative estimate of drug-likeness (QED) is 0.218. The van der Waals surface area contributed by atoms with Crippen LogP contribution in [0.3, 0.4) is 0 Å². The van der Waals surface area contributed by atoms with Crippen LogP contribution in [0.4, 0.5) is 0 Å². The monoisotopic (exact) mass is 229 g/mol. The van der Waals surface area contributed by atoms with Crippen molar-refractivity contribution in [2.45, 2.75) is 6.92 Å². The molecule has 6 nitrogen and oxygen atoms in total. The molecule has 0 unspecified atom stereocenters. The van der Waals surface area contributed by atoms with Crippen molar-refractivity contribution in [3.63, 3.8) is 0 Å². The Morgan fingerprint density at radius 3 is 2.13 bits per heavy atom. The van der Waals surface area contributed by atoms with Gasteiger partial charge in [0.05, 0.1) is 5.16 Å². The molecule has 0 bridgehead atoms. The van der Waals surface area contributed by atoms with E-state index in [2.05, 4.69) is 17.2 Å². The third-order valence-electron chi connectivity index (χ3n) is 1.30. The van der Waals surface area contributed by atoms with Gasteiger partial charge >= 0.3 is 11.9 Å². The van der Waals surface area contributed by atoms with Crippen molar-refractivity contribution >= 4 is 29.3 Å². The van der Waals surface area contributed by atoms with Crippen molar-refractivity contribution in [2.24, 2.45) is 4.99 Å². The van der Waals surface area contributed by atoms with Crippen molar-refractivity contribution in [2.75, 3.05) is 0 Å². The molecule has 7 heteroatoms. The summed E-state index contributed by atoms with van der Waals surface area (Å²) >= 11 is 4.22. The van der Waals surface area contributed by atoms with E-state index in [9.17, 15) is 9.59 Å². The number of aliphatic hydroxyl groups excluding tert-OH is 1. The van der Waals surface area contributed by atoms with Crippen LogP contribution in [0.1, 0.15) is 6.92 Å². The van der Waals surface area contributed by atoms with Crippen molar-refractivity contribution in [1.29, 1.82) is 0 Å². The van der Waals surface area contributed by atoms with E-state index in [0.717, 1.165) is 6.08 Å². The normalized spacial score (nSPS) is 12.5. The molecule has 0 aromatic rings. The lowest BCUT2D eigenvalue weighted by molar-refractivity contribution is -0.136. The Labute approximate surface area is 89.9 Å². The summed E-state index contributed by atoms with van der Waals surface area (Å²) in [6.45, 7) is 1.22. The summed E-state index contributed by atoms with van der Waals surface area (Å²) in [6, 6.07) is 0. The predicted molar refractivity (Wildman–Crippen MR) is 53.7 cm³/mol. The molecule has 0 saturated heterocycles. The van der Waals surface area contributed by atoms with Gasteiger partial charge in [-0.15, -0.1) is 0 Å². The molecule has 0 amide bonds. The predicted octanol–water partition coefficient (Wildman–Crippen LogP) is 0.974. The molecule has 0 aliphatic heterocycles. The maximum absolute atomic E-state index is 10.4. The Hall–Kier alpha value is -1.98. The molecule has 0 radical (unpaired) electrons. The van der Waals surface area contributed by atoms with E-state index < -0.39 is 23.4 Å². The van der Waals surface area contributed by atoms with Crippen LogP contribution in [0.5, 0.6) is 0 Å². The molecular formula is C8H7NO5S. The third-order valence-corrected chi connectivity index (χ3v) is 1.39. The van der Waals surface area contributed by atoms with Gasteiger partial charge in [-0.1, -0.05) is 0 Å². The SMILES string of the molecule is CC(=CC(N=C=S)=C(O)C(=O)O)C(=O)O. The van der Waals surface area contributed by atoms with E-state index in [0.29, 0.717) is 0 Å². The van der Waals surface area contributed by atoms with Gasteiger partial charge < -0.3 is 15.3 Å². The molecule has 0 aromatic heterocycles. The molecule has 0 spiro atoms. The van der Waals surface area contributed by atoms with E-state index in [4.69, 9.17) is 15.3 Å². The van der Waals surface area contributed by atoms with Crippen LogP contribution < -0.4 is 0 Å². The topological polar surface area (TPSA) is 107 Å². The largest absolute Gasteiger partial charge is 0.500 e. The minimum absolute atomic E-state index is 0.188. The fourth-order valence-corrected chi connectivity index (χ4v) is 0.677. The van der Waals surface area contributed by atoms with Crippen LogP contribution in [0, 0.1) is 0 Å². The molecule has 0 fully saturated rings. The van der Waals surface area contributed by atoms with E-state index in [1.165, 1.54) is 6.92 Å². The number of hydrogen-bond acceptors (Lipinski definition) is 5. The maximum Gasteiger partial charge on any atom is 0.373 e. The molecule has 80 valence electrons. The summed E-state index contributed by atoms with van der Waals surface area (Å²) in [4.78, 5) is 24.0. The number of rotatable bonds is 4. The lowest BCUT2D eigenvalue weighted by Gasteiger charge is -1.97. The first-order valence-corrected chi connectivity index (χ1v) is 3.97. The number of hydrogen-bond donors (Lipinski definition) is 3. The fourth-order valence-electron chi connectivity index (χ4n) is 0.579. The van der Waals surface area contributed by atoms with Gasteiger partial charge in [0.25, 0.3) is 0 Å². The number of aliphatic imine (C=N–C) groups is 1. The van der Waals surface area contributed by atoms with Crippen LogP contribution in [0.15, 0.2) is 28.1 Å². The van der Waals surface area contributed by atoms with Gasteiger partial charge in [0.1, 0.15) is 5.70 Å². The molecule has 0 aliphatic carbocycles. The van der Waals surface area contributed by atoms with Crippen LogP contribution >= 0.6 is 12.2 Å². The van der Waals surface area contributed by atoms with Gasteiger partial charge in [0.15, 0.2) is 0 Å². The minimum atomic E-state index is -1.63. The number of aliphatic hydroxyl groups is 1. The highest BCUT2D eigenvalue weighted by molar-refractivity contribution is 7.78. The van der Waals surface area contributed by atoms with Gasteiger partial charge in [-0.05, 0) is 25.2 Å². The highest BCUT2D eigenvalue weighted by atomic mass is 32.1. The zero-order valence-corrected chi connectivity index (χ0v) is 8.41. The minimum Gasteiger partial charge on any atom is -0.500 e. The van der Waals surface area contributed by atoms with E-state index in [1.54, 1.807) is 0 Å². The molecule has 3 N–H and O–H groups in total. The van der Waals surface area contributed by atoms with Crippen LogP contribution in [0.25, 0.3) is 0 Å². The highest BCUT2D eigenvalue weighted by Crippen LogP contribution is 2.08. The van der Waals surface area contributed by atoms with Crippen molar-refractivity contribution in [1.82, 2.24) is 0 Å². The Balaban J connectivity index is 5.45. The first-order valence-electron chi connectivity index (χ1n) is 3.56. The lowest BCUT2D eigenvalue weighted by Crippen LogP contribution is -2.03. The number of aliphatic carboxylic acids is 2. The first-order chi connectivity index (χ1) is 6.90. The standard InChI is InChI=1S/C8H7NO5S/c1-4(7(11)12)2-5(9-3-15)6(10)8(13)14/h2,10H,1H3,(H,11,12)(H,13,14). The van der Waals surface area contributed by atoms with Gasteiger partial charge in [-0.25, -0.2) is 9.59 Å². The average Bonchev–Trinajstić information content (AvgIpc) is 2.15. The van der Waals surface area contributed by atoms with Gasteiger partial charge in [0.2, 0.25) is 5.76 Å². The summed E-state index contributed by atoms with van der Waals surface area (Å²) in [5, 5.41) is 27.8. The lowest BCUT2D eigenvalue weighted by atomic mass is 10.2. The fraction of sp³-hybridized carbons (Fsp3) is 0.125. The van der Waals surface area contributed by atoms with E-state index in [-0.39, 0.29) is 5.57 Å². The smallest absolute Gasteiger partial charge is 0.373 e. The van der Waals surface area contributed by atoms with Gasteiger partial charge in [-0.3, -0.25) is 0 Å². The second-order valence-corrected chi connectivity index (χ2v) is 2.56. The summed E-state index contributed by atoms with van der Waals surface area (Å²) in [5.74, 6) is -3.98. The summed E-state index contributed by atoms with van der Waals surface area (Å²) < 4.78 is 0. The number of carboxylic acids is 2. The van der Waals surface area contributed by atoms with Crippen molar-refractivity contribution in [3.05, 3.63) is 23.1 Å². The Morgan fingerprint density at radius 2 is 1.80 bits per heavy atom. The second-order valence-electron chi connectivity index (χ2n) is 2.37. The first kappa shape index (κ1) is 13.0. The zero-order chi connectivity index (χ0) is 12.0. The van der Waals surface area contributed by atoms with E-state index in [1.807, 2.05) is 5.16 Å². The molecule has 0 heterocycles. The van der Waals surface area contributed by atoms with Crippen molar-refractivity contribution < 1.29 is 24.9 Å². The molecule has 0 saturated carbocycles. The van der Waals surface area contributed by atoms with Gasteiger partial charge in [-0.2, -0.15) is 4.99 Å². The molecule has 0 rings (SSSR count). The number of allylic oxidation sites excluding steroid dienone is 1. The molecule has 15 heavy (non-hydrogen) atoms. The van der Waals surface area contributed by atoms with Crippen LogP contribution in [0.2, 0.25) is 0 Å². The third kappa shape index (κ3) is 4.17. The summed E-state index contributed by atoms with van der Waals surface area (Å²) in [6.07, 6.45) is 0.880. The number of thiocarbonyl (C=S) groups is 1. The molecule has 0 atom stereocenters. The molecular weight excluding hydrogens is 222 g/mol. The average molecular weight is 229 g/mol. The van der Waals surface area contributed by atoms with Crippen molar-refractivity contribution in [3.8, 4) is 0 Å². The second kappa shape index (κ2) is 5.69. The zero-order valence-electron chi connectivity index (χ0n) is 7.59. The molecule has 0 aromatic carbocycles. The Bertz CT molecular complexity index is 403.